The van der Waals surface area contributed by atoms with Crippen molar-refractivity contribution >= 4 is 5.97 Å². The average molecular weight is 200 g/mol. The number of esters is 1. The first-order valence-electron chi connectivity index (χ1n) is 5.22. The number of rotatable bonds is 3. The van der Waals surface area contributed by atoms with Gasteiger partial charge in [0, 0.05) is 25.2 Å². The number of likely N-dealkylation sites (N-methyl/N-ethyl adjacent to an activating group) is 1. The first kappa shape index (κ1) is 11.5. The number of hydrogen-bond donors (Lipinski definition) is 1. The third-order valence-corrected chi connectivity index (χ3v) is 2.85. The van der Waals surface area contributed by atoms with E-state index in [2.05, 4.69) is 28.8 Å². The minimum absolute atomic E-state index is 0.121. The van der Waals surface area contributed by atoms with Gasteiger partial charge in [0.05, 0.1) is 13.5 Å². The summed E-state index contributed by atoms with van der Waals surface area (Å²) < 4.78 is 4.69. The molecule has 4 nitrogen and oxygen atoms in total. The molecule has 1 saturated heterocycles. The molecule has 0 aromatic rings. The molecule has 1 rings (SSSR count). The molecule has 2 unspecified atom stereocenters. The highest BCUT2D eigenvalue weighted by molar-refractivity contribution is 5.70. The third kappa shape index (κ3) is 2.69. The van der Waals surface area contributed by atoms with Gasteiger partial charge in [-0.25, -0.2) is 0 Å². The van der Waals surface area contributed by atoms with Gasteiger partial charge >= 0.3 is 5.97 Å². The second kappa shape index (κ2) is 5.32. The summed E-state index contributed by atoms with van der Waals surface area (Å²) in [4.78, 5) is 13.5. The highest BCUT2D eigenvalue weighted by Gasteiger charge is 2.28. The van der Waals surface area contributed by atoms with E-state index >= 15 is 0 Å². The summed E-state index contributed by atoms with van der Waals surface area (Å²) >= 11 is 0. The Morgan fingerprint density at radius 1 is 1.57 bits per heavy atom. The highest BCUT2D eigenvalue weighted by Crippen LogP contribution is 2.12. The van der Waals surface area contributed by atoms with Crippen LogP contribution in [0.2, 0.25) is 0 Å². The monoisotopic (exact) mass is 200 g/mol. The van der Waals surface area contributed by atoms with Gasteiger partial charge in [-0.15, -0.1) is 0 Å². The summed E-state index contributed by atoms with van der Waals surface area (Å²) in [7, 11) is 1.44. The number of nitrogens with zero attached hydrogens (tertiary/aromatic N) is 1. The first-order chi connectivity index (χ1) is 6.69. The van der Waals surface area contributed by atoms with Gasteiger partial charge in [0.25, 0.3) is 0 Å². The summed E-state index contributed by atoms with van der Waals surface area (Å²) in [6.45, 7) is 7.19. The zero-order chi connectivity index (χ0) is 10.6. The van der Waals surface area contributed by atoms with Gasteiger partial charge in [0.2, 0.25) is 0 Å². The number of methoxy groups -OCH3 is 1. The molecule has 1 heterocycles. The van der Waals surface area contributed by atoms with Crippen LogP contribution < -0.4 is 5.32 Å². The lowest BCUT2D eigenvalue weighted by Gasteiger charge is -2.40. The number of hydrogen-bond acceptors (Lipinski definition) is 4. The van der Waals surface area contributed by atoms with Gasteiger partial charge in [-0.2, -0.15) is 0 Å². The summed E-state index contributed by atoms with van der Waals surface area (Å²) in [5.74, 6) is -0.121. The fourth-order valence-electron chi connectivity index (χ4n) is 2.09. The second-order valence-corrected chi connectivity index (χ2v) is 3.77. The van der Waals surface area contributed by atoms with E-state index in [1.165, 1.54) is 7.11 Å². The molecule has 82 valence electrons. The predicted molar refractivity (Wildman–Crippen MR) is 55.1 cm³/mol. The third-order valence-electron chi connectivity index (χ3n) is 2.85. The van der Waals surface area contributed by atoms with Crippen molar-refractivity contribution in [1.82, 2.24) is 10.2 Å². The molecular weight excluding hydrogens is 180 g/mol. The van der Waals surface area contributed by atoms with Crippen molar-refractivity contribution in [3.05, 3.63) is 0 Å². The largest absolute Gasteiger partial charge is 0.469 e. The van der Waals surface area contributed by atoms with E-state index in [1.807, 2.05) is 0 Å². The second-order valence-electron chi connectivity index (χ2n) is 3.77. The molecule has 0 radical (unpaired) electrons. The van der Waals surface area contributed by atoms with Crippen LogP contribution in [0, 0.1) is 0 Å². The molecule has 1 aliphatic rings. The predicted octanol–water partition coefficient (Wildman–Crippen LogP) is 0.232. The van der Waals surface area contributed by atoms with Crippen LogP contribution in [-0.4, -0.2) is 49.7 Å². The van der Waals surface area contributed by atoms with Crippen molar-refractivity contribution in [2.24, 2.45) is 0 Å². The molecule has 0 amide bonds. The van der Waals surface area contributed by atoms with Crippen LogP contribution in [0.15, 0.2) is 0 Å². The molecule has 0 spiro atoms. The molecule has 0 aromatic heterocycles. The van der Waals surface area contributed by atoms with E-state index in [9.17, 15) is 4.79 Å². The van der Waals surface area contributed by atoms with Gasteiger partial charge in [0.1, 0.15) is 0 Å². The summed E-state index contributed by atoms with van der Waals surface area (Å²) in [5, 5.41) is 3.33. The maximum Gasteiger partial charge on any atom is 0.307 e. The number of nitrogens with one attached hydrogen (secondary N) is 1. The number of carbonyl (C=O) groups is 1. The molecule has 1 aliphatic heterocycles. The maximum absolute atomic E-state index is 11.2. The summed E-state index contributed by atoms with van der Waals surface area (Å²) in [6, 6.07) is 0.791. The van der Waals surface area contributed by atoms with Crippen molar-refractivity contribution in [1.29, 1.82) is 0 Å². The zero-order valence-electron chi connectivity index (χ0n) is 9.25. The van der Waals surface area contributed by atoms with Gasteiger partial charge in [-0.3, -0.25) is 9.69 Å². The Bertz CT molecular complexity index is 197. The molecule has 1 N–H and O–H groups in total. The number of ether oxygens (including phenoxy) is 1. The number of piperazine rings is 1. The molecular formula is C10H20N2O2. The summed E-state index contributed by atoms with van der Waals surface area (Å²) in [6.07, 6.45) is 0.488. The minimum Gasteiger partial charge on any atom is -0.469 e. The van der Waals surface area contributed by atoms with Crippen LogP contribution in [0.1, 0.15) is 20.3 Å². The Morgan fingerprint density at radius 2 is 2.29 bits per heavy atom. The molecule has 0 aromatic carbocycles. The normalized spacial score (nSPS) is 28.8. The topological polar surface area (TPSA) is 41.6 Å². The van der Waals surface area contributed by atoms with E-state index < -0.39 is 0 Å². The first-order valence-corrected chi connectivity index (χ1v) is 5.22. The van der Waals surface area contributed by atoms with E-state index in [-0.39, 0.29) is 12.0 Å². The average Bonchev–Trinajstić information content (AvgIpc) is 2.18. The highest BCUT2D eigenvalue weighted by atomic mass is 16.5. The van der Waals surface area contributed by atoms with Gasteiger partial charge < -0.3 is 10.1 Å². The van der Waals surface area contributed by atoms with Crippen molar-refractivity contribution in [3.63, 3.8) is 0 Å². The van der Waals surface area contributed by atoms with Crippen LogP contribution in [0.4, 0.5) is 0 Å². The SMILES string of the molecule is CCN1C(C)CNCC1CC(=O)OC. The summed E-state index contributed by atoms with van der Waals surface area (Å²) in [5.41, 5.74) is 0. The molecule has 0 saturated carbocycles. The fourth-order valence-corrected chi connectivity index (χ4v) is 2.09. The molecule has 1 fully saturated rings. The van der Waals surface area contributed by atoms with Crippen LogP contribution in [0.25, 0.3) is 0 Å². The molecule has 4 heteroatoms. The molecule has 0 bridgehead atoms. The Morgan fingerprint density at radius 3 is 2.86 bits per heavy atom. The standard InChI is InChI=1S/C10H20N2O2/c1-4-12-8(2)6-11-7-9(12)5-10(13)14-3/h8-9,11H,4-7H2,1-3H3. The van der Waals surface area contributed by atoms with Crippen LogP contribution in [0.3, 0.4) is 0 Å². The van der Waals surface area contributed by atoms with Crippen molar-refractivity contribution in [2.45, 2.75) is 32.4 Å². The molecule has 14 heavy (non-hydrogen) atoms. The van der Waals surface area contributed by atoms with Crippen LogP contribution >= 0.6 is 0 Å². The molecule has 0 aliphatic carbocycles. The van der Waals surface area contributed by atoms with Gasteiger partial charge in [-0.05, 0) is 13.5 Å². The lowest BCUT2D eigenvalue weighted by molar-refractivity contribution is -0.142. The Balaban J connectivity index is 2.51. The van der Waals surface area contributed by atoms with Crippen molar-refractivity contribution in [3.8, 4) is 0 Å². The van der Waals surface area contributed by atoms with Gasteiger partial charge in [-0.1, -0.05) is 6.92 Å². The maximum atomic E-state index is 11.2. The Kier molecular flexibility index (Phi) is 4.35. The lowest BCUT2D eigenvalue weighted by Crippen LogP contribution is -2.56. The quantitative estimate of drug-likeness (QED) is 0.662. The van der Waals surface area contributed by atoms with Crippen LogP contribution in [-0.2, 0) is 9.53 Å². The number of carbonyl (C=O) groups excluding carboxylic acids is 1. The van der Waals surface area contributed by atoms with E-state index in [0.29, 0.717) is 12.5 Å². The van der Waals surface area contributed by atoms with Gasteiger partial charge in [0.15, 0.2) is 0 Å². The van der Waals surface area contributed by atoms with Crippen molar-refractivity contribution in [2.75, 3.05) is 26.7 Å². The smallest absolute Gasteiger partial charge is 0.307 e. The Labute approximate surface area is 85.6 Å². The zero-order valence-corrected chi connectivity index (χ0v) is 9.25. The van der Waals surface area contributed by atoms with E-state index in [0.717, 1.165) is 19.6 Å². The minimum atomic E-state index is -0.121. The lowest BCUT2D eigenvalue weighted by atomic mass is 10.1. The Hall–Kier alpha value is -0.610. The van der Waals surface area contributed by atoms with Crippen molar-refractivity contribution < 1.29 is 9.53 Å². The molecule has 2 atom stereocenters. The fraction of sp³-hybridized carbons (Fsp3) is 0.900. The van der Waals surface area contributed by atoms with Crippen LogP contribution in [0.5, 0.6) is 0 Å². The van der Waals surface area contributed by atoms with E-state index in [1.54, 1.807) is 0 Å². The van der Waals surface area contributed by atoms with E-state index in [4.69, 9.17) is 0 Å².